The average molecular weight is 268 g/mol. The van der Waals surface area contributed by atoms with Gasteiger partial charge in [0.15, 0.2) is 0 Å². The van der Waals surface area contributed by atoms with Crippen molar-refractivity contribution >= 4 is 5.82 Å². The second-order valence-electron chi connectivity index (χ2n) is 4.22. The van der Waals surface area contributed by atoms with E-state index in [1.165, 1.54) is 0 Å². The molecule has 0 fully saturated rings. The van der Waals surface area contributed by atoms with Crippen molar-refractivity contribution < 1.29 is 4.74 Å². The first kappa shape index (κ1) is 13.8. The Morgan fingerprint density at radius 1 is 1.30 bits per heavy atom. The second-order valence-corrected chi connectivity index (χ2v) is 4.22. The van der Waals surface area contributed by atoms with E-state index in [-0.39, 0.29) is 0 Å². The fourth-order valence-electron chi connectivity index (χ4n) is 1.75. The highest BCUT2D eigenvalue weighted by Crippen LogP contribution is 2.24. The molecule has 0 spiro atoms. The molecule has 0 saturated carbocycles. The molecule has 0 amide bonds. The van der Waals surface area contributed by atoms with Crippen LogP contribution in [0.1, 0.15) is 24.7 Å². The molecular formula is C15H16N4O. The third-order valence-corrected chi connectivity index (χ3v) is 2.70. The summed E-state index contributed by atoms with van der Waals surface area (Å²) in [6.07, 6.45) is 1.74. The molecule has 0 radical (unpaired) electrons. The highest BCUT2D eigenvalue weighted by Gasteiger charge is 2.08. The number of nitrogens with zero attached hydrogens (tertiary/aromatic N) is 3. The molecular weight excluding hydrogens is 252 g/mol. The summed E-state index contributed by atoms with van der Waals surface area (Å²) in [7, 11) is 1.80. The van der Waals surface area contributed by atoms with E-state index in [0.717, 1.165) is 18.7 Å². The zero-order valence-electron chi connectivity index (χ0n) is 11.6. The molecule has 0 saturated heterocycles. The molecule has 5 nitrogen and oxygen atoms in total. The maximum atomic E-state index is 9.06. The summed E-state index contributed by atoms with van der Waals surface area (Å²) in [5.41, 5.74) is 0.481. The topological polar surface area (TPSA) is 70.8 Å². The van der Waals surface area contributed by atoms with Gasteiger partial charge in [0.1, 0.15) is 23.5 Å². The molecule has 0 unspecified atom stereocenters. The van der Waals surface area contributed by atoms with Crippen LogP contribution in [-0.4, -0.2) is 17.0 Å². The molecule has 0 aliphatic heterocycles. The first-order valence-corrected chi connectivity index (χ1v) is 6.49. The zero-order chi connectivity index (χ0) is 14.4. The van der Waals surface area contributed by atoms with Crippen LogP contribution in [0.3, 0.4) is 0 Å². The Balaban J connectivity index is 2.33. The zero-order valence-corrected chi connectivity index (χ0v) is 11.6. The van der Waals surface area contributed by atoms with Crippen LogP contribution in [0.15, 0.2) is 30.3 Å². The van der Waals surface area contributed by atoms with Crippen LogP contribution < -0.4 is 10.1 Å². The lowest BCUT2D eigenvalue weighted by molar-refractivity contribution is 0.457. The Bertz CT molecular complexity index is 634. The number of rotatable bonds is 5. The van der Waals surface area contributed by atoms with Crippen molar-refractivity contribution in [1.82, 2.24) is 9.97 Å². The van der Waals surface area contributed by atoms with E-state index in [4.69, 9.17) is 10.00 Å². The molecule has 0 atom stereocenters. The third kappa shape index (κ3) is 3.23. The van der Waals surface area contributed by atoms with Crippen molar-refractivity contribution in [3.63, 3.8) is 0 Å². The van der Waals surface area contributed by atoms with Crippen LogP contribution in [0.5, 0.6) is 11.6 Å². The van der Waals surface area contributed by atoms with Crippen LogP contribution in [0.25, 0.3) is 0 Å². The van der Waals surface area contributed by atoms with Crippen molar-refractivity contribution in [1.29, 1.82) is 5.26 Å². The quantitative estimate of drug-likeness (QED) is 0.902. The van der Waals surface area contributed by atoms with Gasteiger partial charge in [-0.05, 0) is 18.6 Å². The van der Waals surface area contributed by atoms with E-state index in [1.54, 1.807) is 31.3 Å². The Morgan fingerprint density at radius 3 is 2.80 bits per heavy atom. The molecule has 0 aliphatic rings. The highest BCUT2D eigenvalue weighted by atomic mass is 16.5. The van der Waals surface area contributed by atoms with Crippen LogP contribution >= 0.6 is 0 Å². The van der Waals surface area contributed by atoms with Gasteiger partial charge in [0, 0.05) is 19.5 Å². The molecule has 1 aromatic heterocycles. The molecule has 1 N–H and O–H groups in total. The Hall–Kier alpha value is -2.61. The van der Waals surface area contributed by atoms with E-state index in [0.29, 0.717) is 23.0 Å². The van der Waals surface area contributed by atoms with Crippen LogP contribution in [0.2, 0.25) is 0 Å². The third-order valence-electron chi connectivity index (χ3n) is 2.70. The van der Waals surface area contributed by atoms with Gasteiger partial charge >= 0.3 is 0 Å². The summed E-state index contributed by atoms with van der Waals surface area (Å²) in [5.74, 6) is 2.37. The smallest absolute Gasteiger partial charge is 0.224 e. The van der Waals surface area contributed by atoms with Gasteiger partial charge in [0.2, 0.25) is 5.88 Å². The summed E-state index contributed by atoms with van der Waals surface area (Å²) >= 11 is 0. The number of anilines is 1. The Kier molecular flexibility index (Phi) is 4.51. The van der Waals surface area contributed by atoms with Crippen molar-refractivity contribution in [2.75, 3.05) is 12.4 Å². The summed E-state index contributed by atoms with van der Waals surface area (Å²) in [6, 6.07) is 10.9. The molecule has 5 heteroatoms. The Labute approximate surface area is 118 Å². The minimum atomic E-state index is 0.440. The van der Waals surface area contributed by atoms with Crippen LogP contribution in [0, 0.1) is 11.3 Å². The van der Waals surface area contributed by atoms with Gasteiger partial charge in [-0.1, -0.05) is 19.1 Å². The second kappa shape index (κ2) is 6.53. The van der Waals surface area contributed by atoms with Crippen molar-refractivity contribution in [2.24, 2.45) is 0 Å². The number of benzene rings is 1. The molecule has 2 rings (SSSR count). The maximum Gasteiger partial charge on any atom is 0.224 e. The number of hydrogen-bond donors (Lipinski definition) is 1. The van der Waals surface area contributed by atoms with Gasteiger partial charge in [0.25, 0.3) is 0 Å². The summed E-state index contributed by atoms with van der Waals surface area (Å²) < 4.78 is 5.72. The molecule has 102 valence electrons. The van der Waals surface area contributed by atoms with Gasteiger partial charge in [-0.25, -0.2) is 4.98 Å². The number of ether oxygens (including phenoxy) is 1. The van der Waals surface area contributed by atoms with Gasteiger partial charge < -0.3 is 10.1 Å². The lowest BCUT2D eigenvalue weighted by Crippen LogP contribution is -2.02. The van der Waals surface area contributed by atoms with E-state index in [1.807, 2.05) is 6.07 Å². The van der Waals surface area contributed by atoms with E-state index in [2.05, 4.69) is 28.3 Å². The van der Waals surface area contributed by atoms with Crippen LogP contribution in [0.4, 0.5) is 5.82 Å². The number of aryl methyl sites for hydroxylation is 1. The molecule has 1 aromatic carbocycles. The minimum Gasteiger partial charge on any atom is -0.437 e. The summed E-state index contributed by atoms with van der Waals surface area (Å²) in [5, 5.41) is 12.0. The van der Waals surface area contributed by atoms with E-state index in [9.17, 15) is 0 Å². The van der Waals surface area contributed by atoms with Crippen molar-refractivity contribution in [3.8, 4) is 17.7 Å². The minimum absolute atomic E-state index is 0.440. The maximum absolute atomic E-state index is 9.06. The lowest BCUT2D eigenvalue weighted by Gasteiger charge is -2.09. The van der Waals surface area contributed by atoms with Gasteiger partial charge in [0.05, 0.1) is 5.56 Å². The number of para-hydroxylation sites is 1. The predicted octanol–water partition coefficient (Wildman–Crippen LogP) is 3.13. The van der Waals surface area contributed by atoms with Gasteiger partial charge in [-0.2, -0.15) is 10.2 Å². The first-order valence-electron chi connectivity index (χ1n) is 6.49. The fraction of sp³-hybridized carbons (Fsp3) is 0.267. The van der Waals surface area contributed by atoms with Crippen molar-refractivity contribution in [3.05, 3.63) is 41.7 Å². The highest BCUT2D eigenvalue weighted by molar-refractivity contribution is 5.45. The predicted molar refractivity (Wildman–Crippen MR) is 76.8 cm³/mol. The molecule has 0 aliphatic carbocycles. The summed E-state index contributed by atoms with van der Waals surface area (Å²) in [6.45, 7) is 2.07. The molecule has 20 heavy (non-hydrogen) atoms. The fourth-order valence-corrected chi connectivity index (χ4v) is 1.75. The normalized spacial score (nSPS) is 9.85. The van der Waals surface area contributed by atoms with Crippen molar-refractivity contribution in [2.45, 2.75) is 19.8 Å². The monoisotopic (exact) mass is 268 g/mol. The lowest BCUT2D eigenvalue weighted by atomic mass is 10.2. The Morgan fingerprint density at radius 2 is 2.10 bits per heavy atom. The number of nitrogens with one attached hydrogen (secondary N) is 1. The molecule has 0 bridgehead atoms. The molecule has 1 heterocycles. The van der Waals surface area contributed by atoms with Gasteiger partial charge in [-0.15, -0.1) is 0 Å². The van der Waals surface area contributed by atoms with Gasteiger partial charge in [-0.3, -0.25) is 0 Å². The van der Waals surface area contributed by atoms with E-state index < -0.39 is 0 Å². The largest absolute Gasteiger partial charge is 0.437 e. The SMILES string of the molecule is CCCc1nc(NC)cc(Oc2ccccc2C#N)n1. The average Bonchev–Trinajstić information content (AvgIpc) is 2.48. The number of hydrogen-bond acceptors (Lipinski definition) is 5. The number of nitriles is 1. The van der Waals surface area contributed by atoms with E-state index >= 15 is 0 Å². The molecule has 2 aromatic rings. The summed E-state index contributed by atoms with van der Waals surface area (Å²) in [4.78, 5) is 8.72. The van der Waals surface area contributed by atoms with Crippen LogP contribution in [-0.2, 0) is 6.42 Å². The number of aromatic nitrogens is 2. The first-order chi connectivity index (χ1) is 9.76. The standard InChI is InChI=1S/C15H16N4O/c1-3-6-13-18-14(17-2)9-15(19-13)20-12-8-5-4-7-11(12)10-16/h4-5,7-9H,3,6H2,1-2H3,(H,17,18,19).